The molecular weight excluding hydrogens is 290 g/mol. The molecule has 0 saturated heterocycles. The third-order valence-corrected chi connectivity index (χ3v) is 5.10. The van der Waals surface area contributed by atoms with Crippen molar-refractivity contribution in [3.05, 3.63) is 40.9 Å². The molecular formula is C18H23N3O2. The summed E-state index contributed by atoms with van der Waals surface area (Å²) in [5.41, 5.74) is 0.486. The minimum absolute atomic E-state index is 0.0221. The van der Waals surface area contributed by atoms with Gasteiger partial charge in [0.1, 0.15) is 6.54 Å². The number of carbonyl (C=O) groups is 1. The molecule has 2 aromatic rings. The summed E-state index contributed by atoms with van der Waals surface area (Å²) in [6.45, 7) is 4.45. The normalized spacial score (nSPS) is 24.5. The van der Waals surface area contributed by atoms with Crippen LogP contribution in [0, 0.1) is 11.8 Å². The van der Waals surface area contributed by atoms with Crippen molar-refractivity contribution < 1.29 is 4.79 Å². The van der Waals surface area contributed by atoms with Crippen molar-refractivity contribution >= 4 is 16.8 Å². The molecule has 0 aliphatic heterocycles. The van der Waals surface area contributed by atoms with E-state index in [-0.39, 0.29) is 24.1 Å². The molecule has 122 valence electrons. The molecule has 23 heavy (non-hydrogen) atoms. The largest absolute Gasteiger partial charge is 0.352 e. The van der Waals surface area contributed by atoms with Crippen LogP contribution in [0.4, 0.5) is 0 Å². The van der Waals surface area contributed by atoms with Crippen LogP contribution in [0.15, 0.2) is 35.4 Å². The van der Waals surface area contributed by atoms with Crippen LogP contribution >= 0.6 is 0 Å². The Morgan fingerprint density at radius 1 is 1.30 bits per heavy atom. The van der Waals surface area contributed by atoms with Crippen LogP contribution in [0.25, 0.3) is 10.9 Å². The first-order chi connectivity index (χ1) is 11.1. The van der Waals surface area contributed by atoms with Gasteiger partial charge in [-0.15, -0.1) is 0 Å². The second-order valence-electron chi connectivity index (χ2n) is 6.64. The van der Waals surface area contributed by atoms with Crippen LogP contribution in [0.5, 0.6) is 0 Å². The third-order valence-electron chi connectivity index (χ3n) is 5.10. The zero-order valence-electron chi connectivity index (χ0n) is 13.7. The number of rotatable bonds is 3. The van der Waals surface area contributed by atoms with Crippen molar-refractivity contribution in [1.29, 1.82) is 0 Å². The highest BCUT2D eigenvalue weighted by molar-refractivity contribution is 5.79. The number of aromatic nitrogens is 2. The van der Waals surface area contributed by atoms with E-state index in [0.29, 0.717) is 22.7 Å². The van der Waals surface area contributed by atoms with Gasteiger partial charge in [0.25, 0.3) is 5.56 Å². The Morgan fingerprint density at radius 2 is 2.09 bits per heavy atom. The monoisotopic (exact) mass is 313 g/mol. The van der Waals surface area contributed by atoms with E-state index < -0.39 is 0 Å². The van der Waals surface area contributed by atoms with Crippen LogP contribution in [-0.4, -0.2) is 21.5 Å². The summed E-state index contributed by atoms with van der Waals surface area (Å²) >= 11 is 0. The van der Waals surface area contributed by atoms with Crippen LogP contribution in [0.1, 0.15) is 33.1 Å². The number of para-hydroxylation sites is 1. The lowest BCUT2D eigenvalue weighted by atomic mass is 9.78. The summed E-state index contributed by atoms with van der Waals surface area (Å²) in [4.78, 5) is 29.0. The first kappa shape index (κ1) is 15.7. The van der Waals surface area contributed by atoms with Crippen LogP contribution in [-0.2, 0) is 11.3 Å². The third kappa shape index (κ3) is 3.28. The van der Waals surface area contributed by atoms with Gasteiger partial charge in [-0.2, -0.15) is 0 Å². The fourth-order valence-electron chi connectivity index (χ4n) is 3.41. The standard InChI is InChI=1S/C18H23N3O2/c1-12-6-5-9-15(13(12)2)20-17(22)10-21-11-19-16-8-4-3-7-14(16)18(21)23/h3-4,7-8,11-13,15H,5-6,9-10H2,1-2H3,(H,20,22). The van der Waals surface area contributed by atoms with Gasteiger partial charge in [-0.3, -0.25) is 14.2 Å². The molecule has 0 spiro atoms. The maximum atomic E-state index is 12.4. The summed E-state index contributed by atoms with van der Waals surface area (Å²) in [6.07, 6.45) is 4.84. The van der Waals surface area contributed by atoms with E-state index in [4.69, 9.17) is 0 Å². The SMILES string of the molecule is CC1CCCC(NC(=O)Cn2cnc3ccccc3c2=O)C1C. The van der Waals surface area contributed by atoms with Gasteiger partial charge in [-0.05, 0) is 30.4 Å². The molecule has 1 aliphatic rings. The molecule has 1 aliphatic carbocycles. The number of hydrogen-bond acceptors (Lipinski definition) is 3. The van der Waals surface area contributed by atoms with Crippen LogP contribution in [0.3, 0.4) is 0 Å². The Balaban J connectivity index is 1.73. The van der Waals surface area contributed by atoms with Crippen molar-refractivity contribution in [2.75, 3.05) is 0 Å². The number of hydrogen-bond donors (Lipinski definition) is 1. The average molecular weight is 313 g/mol. The minimum Gasteiger partial charge on any atom is -0.352 e. The summed E-state index contributed by atoms with van der Waals surface area (Å²) in [6, 6.07) is 7.39. The minimum atomic E-state index is -0.171. The fourth-order valence-corrected chi connectivity index (χ4v) is 3.41. The van der Waals surface area contributed by atoms with E-state index in [1.54, 1.807) is 18.2 Å². The molecule has 3 atom stereocenters. The van der Waals surface area contributed by atoms with Crippen molar-refractivity contribution in [1.82, 2.24) is 14.9 Å². The smallest absolute Gasteiger partial charge is 0.261 e. The molecule has 1 aromatic heterocycles. The Labute approximate surface area is 135 Å². The highest BCUT2D eigenvalue weighted by Crippen LogP contribution is 2.29. The summed E-state index contributed by atoms with van der Waals surface area (Å²) in [5, 5.41) is 3.64. The molecule has 3 rings (SSSR count). The van der Waals surface area contributed by atoms with Gasteiger partial charge in [-0.25, -0.2) is 4.98 Å². The van der Waals surface area contributed by atoms with Crippen molar-refractivity contribution in [3.8, 4) is 0 Å². The van der Waals surface area contributed by atoms with Crippen LogP contribution < -0.4 is 10.9 Å². The predicted octanol–water partition coefficient (Wildman–Crippen LogP) is 2.34. The number of nitrogens with zero attached hydrogens (tertiary/aromatic N) is 2. The zero-order valence-corrected chi connectivity index (χ0v) is 13.7. The molecule has 5 nitrogen and oxygen atoms in total. The number of benzene rings is 1. The number of carbonyl (C=O) groups excluding carboxylic acids is 1. The van der Waals surface area contributed by atoms with Gasteiger partial charge in [0, 0.05) is 6.04 Å². The first-order valence-corrected chi connectivity index (χ1v) is 8.30. The van der Waals surface area contributed by atoms with E-state index in [0.717, 1.165) is 12.8 Å². The first-order valence-electron chi connectivity index (χ1n) is 8.30. The maximum Gasteiger partial charge on any atom is 0.261 e. The Hall–Kier alpha value is -2.17. The van der Waals surface area contributed by atoms with E-state index in [9.17, 15) is 9.59 Å². The van der Waals surface area contributed by atoms with Gasteiger partial charge >= 0.3 is 0 Å². The van der Waals surface area contributed by atoms with E-state index >= 15 is 0 Å². The second-order valence-corrected chi connectivity index (χ2v) is 6.64. The Bertz CT molecular complexity index is 768. The quantitative estimate of drug-likeness (QED) is 0.946. The summed E-state index contributed by atoms with van der Waals surface area (Å²) < 4.78 is 1.38. The highest BCUT2D eigenvalue weighted by atomic mass is 16.2. The van der Waals surface area contributed by atoms with Gasteiger partial charge < -0.3 is 5.32 Å². The zero-order chi connectivity index (χ0) is 16.4. The van der Waals surface area contributed by atoms with Gasteiger partial charge in [-0.1, -0.05) is 38.8 Å². The lowest BCUT2D eigenvalue weighted by Gasteiger charge is -2.34. The van der Waals surface area contributed by atoms with Gasteiger partial charge in [0.05, 0.1) is 17.2 Å². The molecule has 1 aromatic carbocycles. The molecule has 1 amide bonds. The number of amides is 1. The lowest BCUT2D eigenvalue weighted by Crippen LogP contribution is -2.45. The van der Waals surface area contributed by atoms with E-state index in [2.05, 4.69) is 24.1 Å². The predicted molar refractivity (Wildman–Crippen MR) is 90.1 cm³/mol. The highest BCUT2D eigenvalue weighted by Gasteiger charge is 2.28. The second kappa shape index (κ2) is 6.52. The van der Waals surface area contributed by atoms with Crippen molar-refractivity contribution in [2.45, 2.75) is 45.7 Å². The summed E-state index contributed by atoms with van der Waals surface area (Å²) in [7, 11) is 0. The molecule has 0 radical (unpaired) electrons. The lowest BCUT2D eigenvalue weighted by molar-refractivity contribution is -0.123. The molecule has 1 saturated carbocycles. The fraction of sp³-hybridized carbons (Fsp3) is 0.500. The Kier molecular flexibility index (Phi) is 4.46. The number of nitrogens with one attached hydrogen (secondary N) is 1. The van der Waals surface area contributed by atoms with Crippen LogP contribution in [0.2, 0.25) is 0 Å². The summed E-state index contributed by atoms with van der Waals surface area (Å²) in [5.74, 6) is 0.980. The topological polar surface area (TPSA) is 64.0 Å². The molecule has 1 N–H and O–H groups in total. The maximum absolute atomic E-state index is 12.4. The van der Waals surface area contributed by atoms with Crippen molar-refractivity contribution in [2.24, 2.45) is 11.8 Å². The molecule has 1 fully saturated rings. The van der Waals surface area contributed by atoms with E-state index in [1.807, 2.05) is 6.07 Å². The van der Waals surface area contributed by atoms with Crippen molar-refractivity contribution in [3.63, 3.8) is 0 Å². The molecule has 5 heteroatoms. The Morgan fingerprint density at radius 3 is 2.91 bits per heavy atom. The number of fused-ring (bicyclic) bond motifs is 1. The van der Waals surface area contributed by atoms with Gasteiger partial charge in [0.15, 0.2) is 0 Å². The average Bonchev–Trinajstić information content (AvgIpc) is 2.55. The molecule has 1 heterocycles. The molecule has 3 unspecified atom stereocenters. The molecule has 0 bridgehead atoms. The van der Waals surface area contributed by atoms with E-state index in [1.165, 1.54) is 17.3 Å². The van der Waals surface area contributed by atoms with Gasteiger partial charge in [0.2, 0.25) is 5.91 Å².